The summed E-state index contributed by atoms with van der Waals surface area (Å²) in [5.74, 6) is -0.184. The summed E-state index contributed by atoms with van der Waals surface area (Å²) >= 11 is 12.1. The van der Waals surface area contributed by atoms with Gasteiger partial charge in [-0.3, -0.25) is 4.79 Å². The van der Waals surface area contributed by atoms with Crippen LogP contribution in [0.25, 0.3) is 0 Å². The highest BCUT2D eigenvalue weighted by molar-refractivity contribution is 6.35. The van der Waals surface area contributed by atoms with E-state index in [0.717, 1.165) is 5.56 Å². The van der Waals surface area contributed by atoms with Gasteiger partial charge < -0.3 is 19.5 Å². The van der Waals surface area contributed by atoms with Gasteiger partial charge in [0, 0.05) is 15.6 Å². The Morgan fingerprint density at radius 3 is 2.44 bits per heavy atom. The summed E-state index contributed by atoms with van der Waals surface area (Å²) in [6, 6.07) is 9.41. The Bertz CT molecular complexity index is 841. The molecule has 0 radical (unpaired) electrons. The minimum Gasteiger partial charge on any atom is -0.493 e. The molecule has 6 nitrogen and oxygen atoms in total. The van der Waals surface area contributed by atoms with Crippen LogP contribution in [0, 0.1) is 0 Å². The van der Waals surface area contributed by atoms with Gasteiger partial charge in [-0.15, -0.1) is 0 Å². The van der Waals surface area contributed by atoms with Crippen molar-refractivity contribution < 1.29 is 23.8 Å². The summed E-state index contributed by atoms with van der Waals surface area (Å²) < 4.78 is 15.1. The molecule has 0 fully saturated rings. The van der Waals surface area contributed by atoms with E-state index in [4.69, 9.17) is 32.7 Å². The highest BCUT2D eigenvalue weighted by Gasteiger charge is 2.16. The van der Waals surface area contributed by atoms with Crippen molar-refractivity contribution in [3.63, 3.8) is 0 Å². The quantitative estimate of drug-likeness (QED) is 0.695. The molecule has 144 valence electrons. The van der Waals surface area contributed by atoms with Crippen LogP contribution in [0.5, 0.6) is 11.5 Å². The Morgan fingerprint density at radius 2 is 1.81 bits per heavy atom. The number of amides is 1. The van der Waals surface area contributed by atoms with Gasteiger partial charge in [-0.25, -0.2) is 4.79 Å². The van der Waals surface area contributed by atoms with Crippen LogP contribution in [0.15, 0.2) is 36.4 Å². The van der Waals surface area contributed by atoms with Crippen molar-refractivity contribution in [1.82, 2.24) is 5.32 Å². The third-order valence-corrected chi connectivity index (χ3v) is 4.34. The van der Waals surface area contributed by atoms with Crippen LogP contribution in [0.1, 0.15) is 28.9 Å². The lowest BCUT2D eigenvalue weighted by molar-refractivity contribution is -0.142. The molecule has 2 aromatic carbocycles. The maximum Gasteiger partial charge on any atom is 0.343 e. The Hall–Kier alpha value is -2.44. The highest BCUT2D eigenvalue weighted by Crippen LogP contribution is 2.29. The van der Waals surface area contributed by atoms with Crippen molar-refractivity contribution in [2.45, 2.75) is 13.0 Å². The largest absolute Gasteiger partial charge is 0.493 e. The monoisotopic (exact) mass is 411 g/mol. The van der Waals surface area contributed by atoms with E-state index in [9.17, 15) is 9.59 Å². The lowest BCUT2D eigenvalue weighted by Crippen LogP contribution is -2.26. The fourth-order valence-electron chi connectivity index (χ4n) is 2.33. The number of methoxy groups -OCH3 is 2. The molecule has 0 bridgehead atoms. The van der Waals surface area contributed by atoms with Gasteiger partial charge in [-0.05, 0) is 42.8 Å². The summed E-state index contributed by atoms with van der Waals surface area (Å²) in [6.45, 7) is 1.56. The number of carbonyl (C=O) groups excluding carboxylic acids is 2. The Kier molecular flexibility index (Phi) is 7.33. The molecule has 0 aliphatic rings. The van der Waals surface area contributed by atoms with Crippen molar-refractivity contribution in [2.24, 2.45) is 0 Å². The average molecular weight is 412 g/mol. The van der Waals surface area contributed by atoms with Gasteiger partial charge in [0.15, 0.2) is 18.1 Å². The van der Waals surface area contributed by atoms with E-state index in [1.165, 1.54) is 20.3 Å². The summed E-state index contributed by atoms with van der Waals surface area (Å²) in [5, 5.41) is 3.86. The molecule has 1 atom stereocenters. The number of nitrogens with one attached hydrogen (secondary N) is 1. The zero-order valence-corrected chi connectivity index (χ0v) is 16.6. The third kappa shape index (κ3) is 5.52. The molecule has 0 spiro atoms. The molecule has 2 rings (SSSR count). The molecule has 8 heteroatoms. The Morgan fingerprint density at radius 1 is 1.07 bits per heavy atom. The molecule has 2 aromatic rings. The molecule has 0 saturated carbocycles. The lowest BCUT2D eigenvalue weighted by Gasteiger charge is -2.17. The van der Waals surface area contributed by atoms with Gasteiger partial charge in [0.05, 0.1) is 20.3 Å². The molecule has 1 unspecified atom stereocenters. The number of benzene rings is 2. The van der Waals surface area contributed by atoms with Crippen LogP contribution in [0.2, 0.25) is 10.0 Å². The minimum absolute atomic E-state index is 0.259. The summed E-state index contributed by atoms with van der Waals surface area (Å²) in [5.41, 5.74) is 1.12. The number of rotatable bonds is 7. The van der Waals surface area contributed by atoms with E-state index in [2.05, 4.69) is 10.1 Å². The van der Waals surface area contributed by atoms with Crippen molar-refractivity contribution in [1.29, 1.82) is 0 Å². The smallest absolute Gasteiger partial charge is 0.343 e. The number of carbonyl (C=O) groups is 2. The highest BCUT2D eigenvalue weighted by atomic mass is 35.5. The molecular formula is C19H19Cl2NO5. The third-order valence-electron chi connectivity index (χ3n) is 3.78. The fourth-order valence-corrected chi connectivity index (χ4v) is 2.91. The molecule has 0 aliphatic heterocycles. The SMILES string of the molecule is COC(=O)COc1ccc(C(=O)NC(C)c2ccc(Cl)cc2Cl)cc1OC. The van der Waals surface area contributed by atoms with Crippen molar-refractivity contribution in [3.8, 4) is 11.5 Å². The number of ether oxygens (including phenoxy) is 3. The molecule has 0 saturated heterocycles. The molecule has 1 N–H and O–H groups in total. The van der Waals surface area contributed by atoms with E-state index < -0.39 is 5.97 Å². The second-order valence-electron chi connectivity index (χ2n) is 5.59. The Labute approximate surface area is 167 Å². The summed E-state index contributed by atoms with van der Waals surface area (Å²) in [6.07, 6.45) is 0. The van der Waals surface area contributed by atoms with E-state index in [0.29, 0.717) is 27.1 Å². The summed E-state index contributed by atoms with van der Waals surface area (Å²) in [4.78, 5) is 23.7. The van der Waals surface area contributed by atoms with Gasteiger partial charge in [-0.1, -0.05) is 29.3 Å². The zero-order valence-electron chi connectivity index (χ0n) is 15.0. The second-order valence-corrected chi connectivity index (χ2v) is 6.44. The molecular weight excluding hydrogens is 393 g/mol. The predicted molar refractivity (Wildman–Crippen MR) is 103 cm³/mol. The van der Waals surface area contributed by atoms with E-state index in [-0.39, 0.29) is 18.6 Å². The fraction of sp³-hybridized carbons (Fsp3) is 0.263. The summed E-state index contributed by atoms with van der Waals surface area (Å²) in [7, 11) is 2.71. The number of hydrogen-bond acceptors (Lipinski definition) is 5. The lowest BCUT2D eigenvalue weighted by atomic mass is 10.1. The first-order chi connectivity index (χ1) is 12.8. The minimum atomic E-state index is -0.521. The van der Waals surface area contributed by atoms with E-state index in [1.54, 1.807) is 30.3 Å². The van der Waals surface area contributed by atoms with Gasteiger partial charge in [0.1, 0.15) is 0 Å². The van der Waals surface area contributed by atoms with Gasteiger partial charge >= 0.3 is 5.97 Å². The predicted octanol–water partition coefficient (Wildman–Crippen LogP) is 4.04. The zero-order chi connectivity index (χ0) is 20.0. The standard InChI is InChI=1S/C19H19Cl2NO5/c1-11(14-6-5-13(20)9-15(14)21)22-19(24)12-4-7-16(17(8-12)25-2)27-10-18(23)26-3/h4-9,11H,10H2,1-3H3,(H,22,24). The van der Waals surface area contributed by atoms with Crippen molar-refractivity contribution in [2.75, 3.05) is 20.8 Å². The molecule has 0 heterocycles. The first-order valence-electron chi connectivity index (χ1n) is 7.99. The number of esters is 1. The van der Waals surface area contributed by atoms with Crippen LogP contribution in [0.4, 0.5) is 0 Å². The molecule has 0 aliphatic carbocycles. The molecule has 0 aromatic heterocycles. The Balaban J connectivity index is 2.12. The van der Waals surface area contributed by atoms with E-state index >= 15 is 0 Å². The number of halogens is 2. The van der Waals surface area contributed by atoms with Crippen LogP contribution >= 0.6 is 23.2 Å². The van der Waals surface area contributed by atoms with E-state index in [1.807, 2.05) is 6.92 Å². The second kappa shape index (κ2) is 9.48. The maximum atomic E-state index is 12.5. The van der Waals surface area contributed by atoms with Crippen LogP contribution in [-0.2, 0) is 9.53 Å². The van der Waals surface area contributed by atoms with Crippen LogP contribution < -0.4 is 14.8 Å². The first-order valence-corrected chi connectivity index (χ1v) is 8.74. The normalized spacial score (nSPS) is 11.4. The van der Waals surface area contributed by atoms with Crippen LogP contribution in [-0.4, -0.2) is 32.7 Å². The van der Waals surface area contributed by atoms with Gasteiger partial charge in [0.25, 0.3) is 5.91 Å². The van der Waals surface area contributed by atoms with Gasteiger partial charge in [-0.2, -0.15) is 0 Å². The first kappa shape index (κ1) is 20.9. The topological polar surface area (TPSA) is 73.9 Å². The van der Waals surface area contributed by atoms with Crippen molar-refractivity contribution >= 4 is 35.1 Å². The maximum absolute atomic E-state index is 12.5. The molecule has 27 heavy (non-hydrogen) atoms. The van der Waals surface area contributed by atoms with Gasteiger partial charge in [0.2, 0.25) is 0 Å². The number of hydrogen-bond donors (Lipinski definition) is 1. The van der Waals surface area contributed by atoms with Crippen LogP contribution in [0.3, 0.4) is 0 Å². The average Bonchev–Trinajstić information content (AvgIpc) is 2.65. The van der Waals surface area contributed by atoms with Crippen molar-refractivity contribution in [3.05, 3.63) is 57.6 Å². The molecule has 1 amide bonds.